The predicted octanol–water partition coefficient (Wildman–Crippen LogP) is 3.49. The van der Waals surface area contributed by atoms with Crippen molar-refractivity contribution >= 4 is 17.5 Å². The van der Waals surface area contributed by atoms with E-state index in [4.69, 9.17) is 9.57 Å². The molecule has 0 aromatic heterocycles. The number of hydrogen-bond donors (Lipinski definition) is 2. The first-order chi connectivity index (χ1) is 14.2. The number of para-hydroxylation sites is 1. The summed E-state index contributed by atoms with van der Waals surface area (Å²) in [4.78, 5) is 30.1. The van der Waals surface area contributed by atoms with Crippen molar-refractivity contribution < 1.29 is 19.2 Å². The molecule has 6 nitrogen and oxygen atoms in total. The second-order valence-corrected chi connectivity index (χ2v) is 6.69. The van der Waals surface area contributed by atoms with E-state index in [9.17, 15) is 9.59 Å². The molecule has 3 aromatic rings. The third-order valence-corrected chi connectivity index (χ3v) is 4.58. The average Bonchev–Trinajstić information content (AvgIpc) is 3.19. The zero-order valence-corrected chi connectivity index (χ0v) is 15.6. The highest BCUT2D eigenvalue weighted by molar-refractivity contribution is 5.98. The summed E-state index contributed by atoms with van der Waals surface area (Å²) in [7, 11) is 0. The van der Waals surface area contributed by atoms with Crippen LogP contribution in [0, 0.1) is 0 Å². The monoisotopic (exact) mass is 388 g/mol. The molecule has 0 radical (unpaired) electrons. The number of carbonyl (C=O) groups excluding carboxylic acids is 2. The zero-order chi connectivity index (χ0) is 20.1. The molecule has 2 N–H and O–H groups in total. The summed E-state index contributed by atoms with van der Waals surface area (Å²) in [6.07, 6.45) is -0.0609. The molecule has 29 heavy (non-hydrogen) atoms. The second-order valence-electron chi connectivity index (χ2n) is 6.69. The number of amides is 2. The number of carbonyl (C=O) groups is 2. The van der Waals surface area contributed by atoms with Gasteiger partial charge in [0.15, 0.2) is 6.10 Å². The fraction of sp³-hybridized carbons (Fsp3) is 0.130. The van der Waals surface area contributed by atoms with Gasteiger partial charge in [-0.1, -0.05) is 54.6 Å². The van der Waals surface area contributed by atoms with Crippen molar-refractivity contribution in [2.75, 3.05) is 5.32 Å². The Morgan fingerprint density at radius 2 is 1.76 bits per heavy atom. The lowest BCUT2D eigenvalue weighted by atomic mass is 10.1. The topological polar surface area (TPSA) is 76.7 Å². The van der Waals surface area contributed by atoms with Crippen LogP contribution < -0.4 is 15.5 Å². The van der Waals surface area contributed by atoms with Gasteiger partial charge in [-0.25, -0.2) is 5.48 Å². The van der Waals surface area contributed by atoms with Gasteiger partial charge in [0.1, 0.15) is 5.75 Å². The minimum Gasteiger partial charge on any atom is -0.480 e. The Balaban J connectivity index is 1.32. The number of ether oxygens (including phenoxy) is 1. The lowest BCUT2D eigenvalue weighted by Crippen LogP contribution is -2.31. The van der Waals surface area contributed by atoms with E-state index in [0.717, 1.165) is 16.9 Å². The minimum atomic E-state index is -0.584. The van der Waals surface area contributed by atoms with E-state index in [2.05, 4.69) is 10.8 Å². The van der Waals surface area contributed by atoms with Crippen molar-refractivity contribution in [3.8, 4) is 5.75 Å². The zero-order valence-electron chi connectivity index (χ0n) is 15.6. The van der Waals surface area contributed by atoms with Gasteiger partial charge in [-0.2, -0.15) is 0 Å². The van der Waals surface area contributed by atoms with Crippen molar-refractivity contribution in [2.24, 2.45) is 0 Å². The van der Waals surface area contributed by atoms with E-state index in [1.165, 1.54) is 0 Å². The van der Waals surface area contributed by atoms with Gasteiger partial charge in [-0.3, -0.25) is 14.4 Å². The van der Waals surface area contributed by atoms with E-state index in [1.54, 1.807) is 24.3 Å². The number of hydroxylamine groups is 1. The Labute approximate surface area is 168 Å². The van der Waals surface area contributed by atoms with Crippen LogP contribution in [0.15, 0.2) is 78.9 Å². The Kier molecular flexibility index (Phi) is 5.54. The van der Waals surface area contributed by atoms with Gasteiger partial charge in [-0.05, 0) is 35.4 Å². The van der Waals surface area contributed by atoms with Crippen LogP contribution in [0.3, 0.4) is 0 Å². The van der Waals surface area contributed by atoms with Crippen molar-refractivity contribution in [2.45, 2.75) is 19.1 Å². The van der Waals surface area contributed by atoms with Crippen molar-refractivity contribution in [1.82, 2.24) is 5.48 Å². The van der Waals surface area contributed by atoms with E-state index in [-0.39, 0.29) is 18.4 Å². The third kappa shape index (κ3) is 4.62. The molecule has 6 heteroatoms. The molecule has 1 aliphatic rings. The lowest BCUT2D eigenvalue weighted by Gasteiger charge is -2.12. The number of benzene rings is 3. The molecular formula is C23H20N2O4. The van der Waals surface area contributed by atoms with Crippen LogP contribution in [0.4, 0.5) is 5.69 Å². The summed E-state index contributed by atoms with van der Waals surface area (Å²) in [6.45, 7) is 0.266. The largest absolute Gasteiger partial charge is 0.480 e. The van der Waals surface area contributed by atoms with Crippen LogP contribution in [0.25, 0.3) is 0 Å². The second kappa shape index (κ2) is 8.58. The first-order valence-corrected chi connectivity index (χ1v) is 9.30. The van der Waals surface area contributed by atoms with Crippen molar-refractivity contribution in [3.05, 3.63) is 95.6 Å². The van der Waals surface area contributed by atoms with E-state index in [1.807, 2.05) is 54.6 Å². The van der Waals surface area contributed by atoms with Crippen LogP contribution in [-0.2, 0) is 22.7 Å². The third-order valence-electron chi connectivity index (χ3n) is 4.58. The summed E-state index contributed by atoms with van der Waals surface area (Å²) in [5.41, 5.74) is 5.28. The fourth-order valence-electron chi connectivity index (χ4n) is 3.11. The van der Waals surface area contributed by atoms with Gasteiger partial charge in [-0.15, -0.1) is 0 Å². The maximum Gasteiger partial charge on any atom is 0.274 e. The van der Waals surface area contributed by atoms with Gasteiger partial charge in [0, 0.05) is 17.7 Å². The van der Waals surface area contributed by atoms with Crippen molar-refractivity contribution in [1.29, 1.82) is 0 Å². The minimum absolute atomic E-state index is 0.251. The molecule has 1 unspecified atom stereocenters. The molecule has 1 atom stereocenters. The molecule has 0 fully saturated rings. The quantitative estimate of drug-likeness (QED) is 0.634. The number of rotatable bonds is 6. The molecule has 3 aromatic carbocycles. The summed E-state index contributed by atoms with van der Waals surface area (Å²) >= 11 is 0. The van der Waals surface area contributed by atoms with Gasteiger partial charge < -0.3 is 10.1 Å². The van der Waals surface area contributed by atoms with Crippen molar-refractivity contribution in [3.63, 3.8) is 0 Å². The van der Waals surface area contributed by atoms with Crippen LogP contribution >= 0.6 is 0 Å². The summed E-state index contributed by atoms with van der Waals surface area (Å²) in [6, 6.07) is 23.8. The fourth-order valence-corrected chi connectivity index (χ4v) is 3.11. The Morgan fingerprint density at radius 1 is 0.966 bits per heavy atom. The van der Waals surface area contributed by atoms with E-state index in [0.29, 0.717) is 17.7 Å². The summed E-state index contributed by atoms with van der Waals surface area (Å²) in [5, 5.41) is 2.81. The van der Waals surface area contributed by atoms with Crippen LogP contribution in [0.1, 0.15) is 21.5 Å². The van der Waals surface area contributed by atoms with Gasteiger partial charge in [0.25, 0.3) is 11.8 Å². The number of fused-ring (bicyclic) bond motifs is 1. The molecule has 1 heterocycles. The summed E-state index contributed by atoms with van der Waals surface area (Å²) in [5.74, 6) is 0.0944. The normalized spacial score (nSPS) is 14.6. The molecule has 0 aliphatic carbocycles. The molecule has 0 saturated heterocycles. The SMILES string of the molecule is O=C(NOCc1ccccc1)c1cccc(NC(=O)C2Cc3ccccc3O2)c1. The molecular weight excluding hydrogens is 368 g/mol. The van der Waals surface area contributed by atoms with Gasteiger partial charge >= 0.3 is 0 Å². The highest BCUT2D eigenvalue weighted by Crippen LogP contribution is 2.28. The number of nitrogens with one attached hydrogen (secondary N) is 2. The number of anilines is 1. The van der Waals surface area contributed by atoms with Gasteiger partial charge in [0.2, 0.25) is 0 Å². The average molecular weight is 388 g/mol. The molecule has 4 rings (SSSR count). The summed E-state index contributed by atoms with van der Waals surface area (Å²) < 4.78 is 5.70. The van der Waals surface area contributed by atoms with Crippen LogP contribution in [0.5, 0.6) is 5.75 Å². The smallest absolute Gasteiger partial charge is 0.274 e. The van der Waals surface area contributed by atoms with Crippen LogP contribution in [0.2, 0.25) is 0 Å². The van der Waals surface area contributed by atoms with Crippen LogP contribution in [-0.4, -0.2) is 17.9 Å². The Morgan fingerprint density at radius 3 is 2.59 bits per heavy atom. The molecule has 0 saturated carbocycles. The van der Waals surface area contributed by atoms with E-state index >= 15 is 0 Å². The highest BCUT2D eigenvalue weighted by Gasteiger charge is 2.28. The lowest BCUT2D eigenvalue weighted by molar-refractivity contribution is -0.122. The molecule has 146 valence electrons. The number of hydrogen-bond acceptors (Lipinski definition) is 4. The molecule has 0 bridgehead atoms. The maximum absolute atomic E-state index is 12.5. The molecule has 0 spiro atoms. The molecule has 2 amide bonds. The van der Waals surface area contributed by atoms with Gasteiger partial charge in [0.05, 0.1) is 6.61 Å². The Hall–Kier alpha value is -3.64. The Bertz CT molecular complexity index is 995. The van der Waals surface area contributed by atoms with E-state index < -0.39 is 6.10 Å². The predicted molar refractivity (Wildman–Crippen MR) is 108 cm³/mol. The first kappa shape index (κ1) is 18.7. The molecule has 1 aliphatic heterocycles. The maximum atomic E-state index is 12.5. The first-order valence-electron chi connectivity index (χ1n) is 9.30. The standard InChI is InChI=1S/C23H20N2O4/c26-22(25-28-15-16-7-2-1-3-8-16)18-10-6-11-19(13-18)24-23(27)21-14-17-9-4-5-12-20(17)29-21/h1-13,21H,14-15H2,(H,24,27)(H,25,26). The highest BCUT2D eigenvalue weighted by atomic mass is 16.6.